The summed E-state index contributed by atoms with van der Waals surface area (Å²) in [5.41, 5.74) is 5.72. The van der Waals surface area contributed by atoms with E-state index in [9.17, 15) is 0 Å². The number of fused-ring (bicyclic) bond motifs is 1. The molecule has 0 spiro atoms. The van der Waals surface area contributed by atoms with Crippen LogP contribution in [0.3, 0.4) is 0 Å². The highest BCUT2D eigenvalue weighted by atomic mass is 14.1. The van der Waals surface area contributed by atoms with Gasteiger partial charge in [-0.2, -0.15) is 0 Å². The fraction of sp³-hybridized carbons (Fsp3) is 0.375. The van der Waals surface area contributed by atoms with Gasteiger partial charge in [-0.15, -0.1) is 0 Å². The second-order valence-electron chi connectivity index (χ2n) is 4.80. The highest BCUT2D eigenvalue weighted by molar-refractivity contribution is 5.71. The van der Waals surface area contributed by atoms with Crippen molar-refractivity contribution in [2.75, 3.05) is 0 Å². The van der Waals surface area contributed by atoms with E-state index in [2.05, 4.69) is 57.2 Å². The Bertz CT molecular complexity index is 440. The highest BCUT2D eigenvalue weighted by Crippen LogP contribution is 2.30. The molecule has 0 aromatic rings. The molecule has 0 radical (unpaired) electrons. The molecule has 0 atom stereocenters. The van der Waals surface area contributed by atoms with Crippen LogP contribution in [0.1, 0.15) is 44.2 Å². The Kier molecular flexibility index (Phi) is 3.28. The molecule has 0 heterocycles. The van der Waals surface area contributed by atoms with Crippen LogP contribution >= 0.6 is 0 Å². The minimum absolute atomic E-state index is 0.597. The quantitative estimate of drug-likeness (QED) is 0.681. The van der Waals surface area contributed by atoms with Gasteiger partial charge in [-0.25, -0.2) is 0 Å². The molecular formula is C16H20. The van der Waals surface area contributed by atoms with E-state index in [4.69, 9.17) is 0 Å². The summed E-state index contributed by atoms with van der Waals surface area (Å²) in [7, 11) is 0. The first-order valence-electron chi connectivity index (χ1n) is 6.24. The van der Waals surface area contributed by atoms with Crippen molar-refractivity contribution >= 4 is 0 Å². The lowest BCUT2D eigenvalue weighted by Gasteiger charge is -2.02. The molecule has 2 aliphatic rings. The molecule has 2 aliphatic carbocycles. The standard InChI is InChI=1S/C16H20/c1-4-6-13-9-10-15-11-14(12(2)3)7-5-8-16(13)15/h5,7-12H,4,6H2,1-3H3. The highest BCUT2D eigenvalue weighted by Gasteiger charge is 2.08. The number of hydrogen-bond acceptors (Lipinski definition) is 0. The Labute approximate surface area is 98.7 Å². The van der Waals surface area contributed by atoms with E-state index in [1.54, 1.807) is 0 Å². The molecule has 0 unspecified atom stereocenters. The first kappa shape index (κ1) is 11.2. The Hall–Kier alpha value is -1.30. The average molecular weight is 212 g/mol. The Balaban J connectivity index is 2.46. The van der Waals surface area contributed by atoms with Crippen LogP contribution in [0.2, 0.25) is 0 Å². The molecule has 0 fully saturated rings. The number of rotatable bonds is 3. The molecule has 0 nitrogen and oxygen atoms in total. The molecule has 0 heteroatoms. The zero-order chi connectivity index (χ0) is 11.5. The fourth-order valence-electron chi connectivity index (χ4n) is 2.21. The maximum absolute atomic E-state index is 2.33. The zero-order valence-corrected chi connectivity index (χ0v) is 10.5. The molecule has 0 saturated carbocycles. The van der Waals surface area contributed by atoms with E-state index in [1.807, 2.05) is 0 Å². The number of hydrogen-bond donors (Lipinski definition) is 0. The van der Waals surface area contributed by atoms with Gasteiger partial charge in [0.25, 0.3) is 0 Å². The molecule has 0 aromatic carbocycles. The van der Waals surface area contributed by atoms with E-state index in [-0.39, 0.29) is 0 Å². The van der Waals surface area contributed by atoms with Crippen molar-refractivity contribution in [3.05, 3.63) is 47.5 Å². The Morgan fingerprint density at radius 3 is 2.56 bits per heavy atom. The molecular weight excluding hydrogens is 192 g/mol. The lowest BCUT2D eigenvalue weighted by Crippen LogP contribution is -1.83. The number of aryl methyl sites for hydroxylation is 1. The minimum Gasteiger partial charge on any atom is -0.0651 e. The largest absolute Gasteiger partial charge is 0.0651 e. The fourth-order valence-corrected chi connectivity index (χ4v) is 2.21. The molecule has 2 rings (SSSR count). The Morgan fingerprint density at radius 1 is 1.06 bits per heavy atom. The van der Waals surface area contributed by atoms with E-state index in [0.717, 1.165) is 0 Å². The van der Waals surface area contributed by atoms with Gasteiger partial charge in [0.2, 0.25) is 0 Å². The molecule has 0 bridgehead atoms. The van der Waals surface area contributed by atoms with Crippen molar-refractivity contribution in [2.45, 2.75) is 39.5 Å². The lowest BCUT2D eigenvalue weighted by molar-refractivity contribution is 0.869. The van der Waals surface area contributed by atoms with Crippen LogP contribution < -0.4 is 0 Å². The van der Waals surface area contributed by atoms with Crippen molar-refractivity contribution in [3.63, 3.8) is 0 Å². The second-order valence-corrected chi connectivity index (χ2v) is 4.80. The van der Waals surface area contributed by atoms with Crippen molar-refractivity contribution in [1.82, 2.24) is 0 Å². The average Bonchev–Trinajstić information content (AvgIpc) is 2.50. The predicted molar refractivity (Wildman–Crippen MR) is 71.1 cm³/mol. The van der Waals surface area contributed by atoms with Crippen molar-refractivity contribution in [3.8, 4) is 11.1 Å². The first-order chi connectivity index (χ1) is 7.72. The Morgan fingerprint density at radius 2 is 1.88 bits per heavy atom. The summed E-state index contributed by atoms with van der Waals surface area (Å²) < 4.78 is 0. The van der Waals surface area contributed by atoms with Gasteiger partial charge < -0.3 is 0 Å². The van der Waals surface area contributed by atoms with Crippen LogP contribution in [0.5, 0.6) is 0 Å². The van der Waals surface area contributed by atoms with Gasteiger partial charge in [0.05, 0.1) is 0 Å². The molecule has 0 saturated heterocycles. The van der Waals surface area contributed by atoms with Crippen molar-refractivity contribution < 1.29 is 0 Å². The van der Waals surface area contributed by atoms with Crippen LogP contribution in [-0.2, 0) is 6.42 Å². The molecule has 0 aromatic heterocycles. The van der Waals surface area contributed by atoms with Gasteiger partial charge in [0.1, 0.15) is 0 Å². The summed E-state index contributed by atoms with van der Waals surface area (Å²) in [6, 6.07) is 13.5. The maximum atomic E-state index is 2.33. The third kappa shape index (κ3) is 2.11. The molecule has 0 N–H and O–H groups in total. The lowest BCUT2D eigenvalue weighted by atomic mass is 10.0. The molecule has 0 amide bonds. The van der Waals surface area contributed by atoms with Crippen LogP contribution in [-0.4, -0.2) is 0 Å². The van der Waals surface area contributed by atoms with E-state index in [0.29, 0.717) is 5.92 Å². The van der Waals surface area contributed by atoms with Crippen LogP contribution in [0.25, 0.3) is 11.1 Å². The second kappa shape index (κ2) is 4.69. The minimum atomic E-state index is 0.597. The molecule has 16 heavy (non-hydrogen) atoms. The van der Waals surface area contributed by atoms with Gasteiger partial charge >= 0.3 is 0 Å². The normalized spacial score (nSPS) is 11.2. The maximum Gasteiger partial charge on any atom is -0.0152 e. The van der Waals surface area contributed by atoms with Gasteiger partial charge in [-0.1, -0.05) is 63.6 Å². The van der Waals surface area contributed by atoms with Gasteiger partial charge in [0, 0.05) is 0 Å². The van der Waals surface area contributed by atoms with E-state index in [1.165, 1.54) is 35.1 Å². The van der Waals surface area contributed by atoms with E-state index < -0.39 is 0 Å². The SMILES string of the molecule is CCCc1ccc2cc(C(C)C)cccc1-2. The summed E-state index contributed by atoms with van der Waals surface area (Å²) in [5.74, 6) is 0.597. The summed E-state index contributed by atoms with van der Waals surface area (Å²) >= 11 is 0. The molecule has 0 aliphatic heterocycles. The zero-order valence-electron chi connectivity index (χ0n) is 10.5. The monoisotopic (exact) mass is 212 g/mol. The smallest absolute Gasteiger partial charge is 0.0152 e. The summed E-state index contributed by atoms with van der Waals surface area (Å²) in [5, 5.41) is 0. The van der Waals surface area contributed by atoms with Crippen LogP contribution in [0.15, 0.2) is 36.4 Å². The van der Waals surface area contributed by atoms with Crippen LogP contribution in [0, 0.1) is 0 Å². The topological polar surface area (TPSA) is 0 Å². The van der Waals surface area contributed by atoms with Gasteiger partial charge in [0.15, 0.2) is 0 Å². The third-order valence-electron chi connectivity index (χ3n) is 3.18. The van der Waals surface area contributed by atoms with E-state index >= 15 is 0 Å². The first-order valence-corrected chi connectivity index (χ1v) is 6.24. The summed E-state index contributed by atoms with van der Waals surface area (Å²) in [4.78, 5) is 0. The molecule has 84 valence electrons. The van der Waals surface area contributed by atoms with Gasteiger partial charge in [-0.3, -0.25) is 0 Å². The predicted octanol–water partition coefficient (Wildman–Crippen LogP) is 4.87. The summed E-state index contributed by atoms with van der Waals surface area (Å²) in [6.07, 6.45) is 2.40. The third-order valence-corrected chi connectivity index (χ3v) is 3.18. The van der Waals surface area contributed by atoms with Crippen LogP contribution in [0.4, 0.5) is 0 Å². The van der Waals surface area contributed by atoms with Crippen molar-refractivity contribution in [2.24, 2.45) is 0 Å². The van der Waals surface area contributed by atoms with Gasteiger partial charge in [-0.05, 0) is 34.6 Å². The van der Waals surface area contributed by atoms with Crippen molar-refractivity contribution in [1.29, 1.82) is 0 Å². The summed E-state index contributed by atoms with van der Waals surface area (Å²) in [6.45, 7) is 6.73.